The molecule has 1 aromatic rings. The summed E-state index contributed by atoms with van der Waals surface area (Å²) in [6.07, 6.45) is -0.0719. The quantitative estimate of drug-likeness (QED) is 0.802. The van der Waals surface area contributed by atoms with Crippen molar-refractivity contribution >= 4 is 0 Å². The highest BCUT2D eigenvalue weighted by atomic mass is 16.8. The molecule has 0 spiro atoms. The molecule has 0 saturated carbocycles. The van der Waals surface area contributed by atoms with Crippen LogP contribution in [-0.4, -0.2) is 38.4 Å². The second-order valence-corrected chi connectivity index (χ2v) is 4.25. The van der Waals surface area contributed by atoms with E-state index in [0.29, 0.717) is 19.5 Å². The third kappa shape index (κ3) is 3.51. The highest BCUT2D eigenvalue weighted by Crippen LogP contribution is 2.16. The van der Waals surface area contributed by atoms with Crippen LogP contribution >= 0.6 is 0 Å². The average Bonchev–Trinajstić information content (AvgIpc) is 2.61. The van der Waals surface area contributed by atoms with Gasteiger partial charge in [-0.2, -0.15) is 0 Å². The highest BCUT2D eigenvalue weighted by molar-refractivity contribution is 5.15. The Hall–Kier alpha value is -0.980. The van der Waals surface area contributed by atoms with Crippen molar-refractivity contribution in [2.24, 2.45) is 11.5 Å². The summed E-state index contributed by atoms with van der Waals surface area (Å²) in [5.41, 5.74) is 12.5. The van der Waals surface area contributed by atoms with Crippen LogP contribution in [0.2, 0.25) is 0 Å². The first-order valence-corrected chi connectivity index (χ1v) is 6.16. The van der Waals surface area contributed by atoms with Crippen LogP contribution in [0.1, 0.15) is 5.56 Å². The maximum Gasteiger partial charge on any atom is 0.165 e. The van der Waals surface area contributed by atoms with Crippen molar-refractivity contribution in [2.45, 2.75) is 24.9 Å². The van der Waals surface area contributed by atoms with Crippen molar-refractivity contribution in [3.8, 4) is 0 Å². The Morgan fingerprint density at radius 2 is 1.72 bits per heavy atom. The smallest absolute Gasteiger partial charge is 0.165 e. The predicted molar refractivity (Wildman–Crippen MR) is 67.7 cm³/mol. The molecule has 1 aliphatic heterocycles. The van der Waals surface area contributed by atoms with Gasteiger partial charge in [0.1, 0.15) is 19.0 Å². The predicted octanol–water partition coefficient (Wildman–Crippen LogP) is 0.231. The molecule has 1 aliphatic rings. The summed E-state index contributed by atoms with van der Waals surface area (Å²) in [5.74, 6) is 0. The van der Waals surface area contributed by atoms with E-state index in [4.69, 9.17) is 25.7 Å². The van der Waals surface area contributed by atoms with Crippen LogP contribution in [0.25, 0.3) is 0 Å². The minimum atomic E-state index is -0.336. The van der Waals surface area contributed by atoms with Crippen molar-refractivity contribution < 1.29 is 14.2 Å². The molecule has 0 radical (unpaired) electrons. The van der Waals surface area contributed by atoms with Crippen LogP contribution in [0.5, 0.6) is 0 Å². The van der Waals surface area contributed by atoms with Gasteiger partial charge in [-0.15, -0.1) is 0 Å². The molecule has 0 amide bonds. The van der Waals surface area contributed by atoms with E-state index in [1.165, 1.54) is 0 Å². The molecule has 1 aromatic carbocycles. The number of hydrogen-bond donors (Lipinski definition) is 2. The minimum Gasteiger partial charge on any atom is -0.348 e. The zero-order valence-corrected chi connectivity index (χ0v) is 10.3. The Labute approximate surface area is 107 Å². The van der Waals surface area contributed by atoms with Gasteiger partial charge in [0, 0.05) is 19.5 Å². The molecule has 3 unspecified atom stereocenters. The fraction of sp³-hybridized carbons (Fsp3) is 0.538. The summed E-state index contributed by atoms with van der Waals surface area (Å²) in [6, 6.07) is 10.0. The van der Waals surface area contributed by atoms with Gasteiger partial charge in [0.05, 0.1) is 0 Å². The van der Waals surface area contributed by atoms with E-state index in [1.54, 1.807) is 0 Å². The van der Waals surface area contributed by atoms with Crippen molar-refractivity contribution in [3.05, 3.63) is 35.9 Å². The van der Waals surface area contributed by atoms with E-state index >= 15 is 0 Å². The van der Waals surface area contributed by atoms with Crippen LogP contribution in [0.3, 0.4) is 0 Å². The Balaban J connectivity index is 1.97. The Bertz CT molecular complexity index is 347. The summed E-state index contributed by atoms with van der Waals surface area (Å²) in [6.45, 7) is 0.940. The van der Waals surface area contributed by atoms with Crippen molar-refractivity contribution in [2.75, 3.05) is 19.9 Å². The standard InChI is InChI=1S/C13H20N2O3/c14-7-11-12(8-15)18-13(17-9-16-11)6-10-4-2-1-3-5-10/h1-5,11-13H,6-9,14-15H2. The third-order valence-corrected chi connectivity index (χ3v) is 2.99. The first-order chi connectivity index (χ1) is 8.83. The lowest BCUT2D eigenvalue weighted by Crippen LogP contribution is -2.42. The molecule has 0 aromatic heterocycles. The van der Waals surface area contributed by atoms with Crippen LogP contribution in [0.15, 0.2) is 30.3 Å². The Kier molecular flexibility index (Phi) is 5.10. The lowest BCUT2D eigenvalue weighted by Gasteiger charge is -2.23. The van der Waals surface area contributed by atoms with Crippen LogP contribution in [-0.2, 0) is 20.6 Å². The molecular formula is C13H20N2O3. The average molecular weight is 252 g/mol. The lowest BCUT2D eigenvalue weighted by atomic mass is 10.1. The van der Waals surface area contributed by atoms with Crippen molar-refractivity contribution in [1.82, 2.24) is 0 Å². The van der Waals surface area contributed by atoms with Gasteiger partial charge in [-0.1, -0.05) is 30.3 Å². The molecule has 1 saturated heterocycles. The van der Waals surface area contributed by atoms with Crippen molar-refractivity contribution in [3.63, 3.8) is 0 Å². The number of hydrogen-bond acceptors (Lipinski definition) is 5. The van der Waals surface area contributed by atoms with Gasteiger partial charge in [0.25, 0.3) is 0 Å². The fourth-order valence-electron chi connectivity index (χ4n) is 1.97. The maximum absolute atomic E-state index is 5.82. The number of rotatable bonds is 4. The van der Waals surface area contributed by atoms with Crippen molar-refractivity contribution in [1.29, 1.82) is 0 Å². The molecule has 100 valence electrons. The van der Waals surface area contributed by atoms with Crippen LogP contribution < -0.4 is 11.5 Å². The SMILES string of the molecule is NCC1OCOC(Cc2ccccc2)OC1CN. The molecule has 4 N–H and O–H groups in total. The normalized spacial score (nSPS) is 28.9. The largest absolute Gasteiger partial charge is 0.348 e. The van der Waals surface area contributed by atoms with Gasteiger partial charge in [0.2, 0.25) is 0 Å². The van der Waals surface area contributed by atoms with Gasteiger partial charge in [-0.05, 0) is 5.56 Å². The molecule has 3 atom stereocenters. The zero-order valence-electron chi connectivity index (χ0n) is 10.3. The molecule has 2 rings (SSSR count). The summed E-state index contributed by atoms with van der Waals surface area (Å²) < 4.78 is 16.8. The van der Waals surface area contributed by atoms with E-state index in [2.05, 4.69) is 0 Å². The van der Waals surface area contributed by atoms with Gasteiger partial charge >= 0.3 is 0 Å². The van der Waals surface area contributed by atoms with Gasteiger partial charge < -0.3 is 25.7 Å². The third-order valence-electron chi connectivity index (χ3n) is 2.99. The maximum atomic E-state index is 5.82. The van der Waals surface area contributed by atoms with E-state index in [9.17, 15) is 0 Å². The summed E-state index contributed by atoms with van der Waals surface area (Å²) in [5, 5.41) is 0. The van der Waals surface area contributed by atoms with Crippen LogP contribution in [0, 0.1) is 0 Å². The fourth-order valence-corrected chi connectivity index (χ4v) is 1.97. The van der Waals surface area contributed by atoms with E-state index in [-0.39, 0.29) is 25.3 Å². The molecule has 1 heterocycles. The molecule has 1 fully saturated rings. The van der Waals surface area contributed by atoms with Gasteiger partial charge in [-0.3, -0.25) is 0 Å². The number of ether oxygens (including phenoxy) is 3. The van der Waals surface area contributed by atoms with E-state index in [0.717, 1.165) is 5.56 Å². The second kappa shape index (κ2) is 6.82. The van der Waals surface area contributed by atoms with E-state index in [1.807, 2.05) is 30.3 Å². The second-order valence-electron chi connectivity index (χ2n) is 4.25. The molecule has 0 aliphatic carbocycles. The monoisotopic (exact) mass is 252 g/mol. The Morgan fingerprint density at radius 3 is 2.39 bits per heavy atom. The first-order valence-electron chi connectivity index (χ1n) is 6.16. The minimum absolute atomic E-state index is 0.190. The summed E-state index contributed by atoms with van der Waals surface area (Å²) in [7, 11) is 0. The number of benzene rings is 1. The van der Waals surface area contributed by atoms with Crippen LogP contribution in [0.4, 0.5) is 0 Å². The van der Waals surface area contributed by atoms with Gasteiger partial charge in [0.15, 0.2) is 6.29 Å². The number of nitrogens with two attached hydrogens (primary N) is 2. The molecular weight excluding hydrogens is 232 g/mol. The van der Waals surface area contributed by atoms with Gasteiger partial charge in [-0.25, -0.2) is 0 Å². The molecule has 5 heteroatoms. The zero-order chi connectivity index (χ0) is 12.8. The van der Waals surface area contributed by atoms with E-state index < -0.39 is 0 Å². The highest BCUT2D eigenvalue weighted by Gasteiger charge is 2.28. The Morgan fingerprint density at radius 1 is 1.00 bits per heavy atom. The molecule has 18 heavy (non-hydrogen) atoms. The summed E-state index contributed by atoms with van der Waals surface area (Å²) >= 11 is 0. The lowest BCUT2D eigenvalue weighted by molar-refractivity contribution is -0.162. The topological polar surface area (TPSA) is 79.7 Å². The molecule has 0 bridgehead atoms. The first kappa shape index (κ1) is 13.5. The summed E-state index contributed by atoms with van der Waals surface area (Å²) in [4.78, 5) is 0. The molecule has 5 nitrogen and oxygen atoms in total.